The van der Waals surface area contributed by atoms with Gasteiger partial charge in [0.15, 0.2) is 0 Å². The van der Waals surface area contributed by atoms with Crippen LogP contribution in [0, 0.1) is 12.8 Å². The van der Waals surface area contributed by atoms with Crippen LogP contribution < -0.4 is 16.4 Å². The lowest BCUT2D eigenvalue weighted by Crippen LogP contribution is -2.52. The number of benzene rings is 2. The number of nitrogen functional groups attached to an aromatic ring is 1. The monoisotopic (exact) mass is 571 g/mol. The van der Waals surface area contributed by atoms with Crippen molar-refractivity contribution in [2.45, 2.75) is 71.7 Å². The average Bonchev–Trinajstić information content (AvgIpc) is 3.36. The van der Waals surface area contributed by atoms with Crippen LogP contribution >= 0.6 is 0 Å². The third kappa shape index (κ3) is 8.09. The number of carbonyl (C=O) groups is 3. The summed E-state index contributed by atoms with van der Waals surface area (Å²) in [5.41, 5.74) is 9.95. The van der Waals surface area contributed by atoms with E-state index in [1.807, 2.05) is 37.3 Å². The largest absolute Gasteiger partial charge is 0.444 e. The number of rotatable bonds is 8. The van der Waals surface area contributed by atoms with Gasteiger partial charge in [0.25, 0.3) is 0 Å². The predicted molar refractivity (Wildman–Crippen MR) is 163 cm³/mol. The van der Waals surface area contributed by atoms with E-state index in [2.05, 4.69) is 45.9 Å². The van der Waals surface area contributed by atoms with Crippen molar-refractivity contribution in [2.24, 2.45) is 5.92 Å². The molecule has 2 heterocycles. The molecule has 0 radical (unpaired) electrons. The maximum Gasteiger partial charge on any atom is 0.410 e. The molecule has 0 saturated carbocycles. The highest BCUT2D eigenvalue weighted by Crippen LogP contribution is 2.30. The molecule has 2 aromatic carbocycles. The van der Waals surface area contributed by atoms with E-state index in [-0.39, 0.29) is 24.3 Å². The molecule has 3 amide bonds. The first-order chi connectivity index (χ1) is 19.9. The van der Waals surface area contributed by atoms with Gasteiger partial charge in [-0.25, -0.2) is 9.78 Å². The Hall–Kier alpha value is -4.40. The molecule has 4 N–H and O–H groups in total. The number of aromatic nitrogens is 1. The third-order valence-electron chi connectivity index (χ3n) is 7.30. The summed E-state index contributed by atoms with van der Waals surface area (Å²) in [5, 5.41) is 5.65. The van der Waals surface area contributed by atoms with Crippen LogP contribution in [0.15, 0.2) is 66.7 Å². The zero-order valence-corrected chi connectivity index (χ0v) is 25.0. The SMILES string of the molecule is Cc1nc(N)ccc1CNC(=O)[C@H](C)NC(=O)[C@H]1C[C@@H](Cc2cccc(-c3ccccc3)c2)CN1C(=O)OC(C)(C)C. The molecule has 0 aliphatic carbocycles. The van der Waals surface area contributed by atoms with E-state index in [0.29, 0.717) is 25.2 Å². The highest BCUT2D eigenvalue weighted by Gasteiger charge is 2.42. The number of nitrogens with one attached hydrogen (secondary N) is 2. The number of pyridine rings is 1. The lowest BCUT2D eigenvalue weighted by atomic mass is 9.94. The van der Waals surface area contributed by atoms with Crippen LogP contribution in [0.25, 0.3) is 11.1 Å². The Morgan fingerprint density at radius 3 is 2.45 bits per heavy atom. The van der Waals surface area contributed by atoms with Crippen molar-refractivity contribution < 1.29 is 19.1 Å². The lowest BCUT2D eigenvalue weighted by Gasteiger charge is -2.28. The molecule has 1 aliphatic heterocycles. The van der Waals surface area contributed by atoms with Gasteiger partial charge in [-0.15, -0.1) is 0 Å². The number of nitrogens with two attached hydrogens (primary N) is 1. The average molecular weight is 572 g/mol. The number of carbonyl (C=O) groups excluding carboxylic acids is 3. The molecule has 222 valence electrons. The number of hydrogen-bond acceptors (Lipinski definition) is 6. The van der Waals surface area contributed by atoms with E-state index < -0.39 is 23.8 Å². The van der Waals surface area contributed by atoms with Gasteiger partial charge in [0, 0.05) is 18.8 Å². The number of ether oxygens (including phenoxy) is 1. The van der Waals surface area contributed by atoms with Gasteiger partial charge in [-0.2, -0.15) is 0 Å². The van der Waals surface area contributed by atoms with Crippen molar-refractivity contribution in [3.63, 3.8) is 0 Å². The van der Waals surface area contributed by atoms with Gasteiger partial charge in [0.05, 0.1) is 0 Å². The summed E-state index contributed by atoms with van der Waals surface area (Å²) in [4.78, 5) is 45.2. The summed E-state index contributed by atoms with van der Waals surface area (Å²) in [5.74, 6) is -0.258. The lowest BCUT2D eigenvalue weighted by molar-refractivity contribution is -0.131. The van der Waals surface area contributed by atoms with E-state index >= 15 is 0 Å². The number of anilines is 1. The van der Waals surface area contributed by atoms with Gasteiger partial charge in [-0.3, -0.25) is 14.5 Å². The normalized spacial score (nSPS) is 17.4. The number of nitrogens with zero attached hydrogens (tertiary/aromatic N) is 2. The minimum Gasteiger partial charge on any atom is -0.444 e. The molecule has 0 unspecified atom stereocenters. The van der Waals surface area contributed by atoms with Gasteiger partial charge >= 0.3 is 6.09 Å². The Bertz CT molecular complexity index is 1420. The molecule has 9 heteroatoms. The minimum atomic E-state index is -0.804. The van der Waals surface area contributed by atoms with Crippen LogP contribution in [0.1, 0.15) is 50.9 Å². The summed E-state index contributed by atoms with van der Waals surface area (Å²) >= 11 is 0. The number of hydrogen-bond donors (Lipinski definition) is 3. The smallest absolute Gasteiger partial charge is 0.410 e. The first kappa shape index (κ1) is 30.6. The van der Waals surface area contributed by atoms with Crippen LogP contribution in [0.3, 0.4) is 0 Å². The van der Waals surface area contributed by atoms with Crippen molar-refractivity contribution in [1.82, 2.24) is 20.5 Å². The quantitative estimate of drug-likeness (QED) is 0.362. The minimum absolute atomic E-state index is 0.0458. The van der Waals surface area contributed by atoms with E-state index in [0.717, 1.165) is 27.9 Å². The van der Waals surface area contributed by atoms with Crippen LogP contribution in [0.5, 0.6) is 0 Å². The Labute approximate surface area is 247 Å². The molecule has 0 bridgehead atoms. The molecule has 3 atom stereocenters. The molecule has 1 aliphatic rings. The van der Waals surface area contributed by atoms with Crippen LogP contribution in [0.4, 0.5) is 10.6 Å². The van der Waals surface area contributed by atoms with E-state index in [9.17, 15) is 14.4 Å². The molecule has 0 spiro atoms. The van der Waals surface area contributed by atoms with Crippen molar-refractivity contribution in [1.29, 1.82) is 0 Å². The summed E-state index contributed by atoms with van der Waals surface area (Å²) in [6, 6.07) is 20.4. The Balaban J connectivity index is 1.43. The van der Waals surface area contributed by atoms with Crippen molar-refractivity contribution in [2.75, 3.05) is 12.3 Å². The first-order valence-electron chi connectivity index (χ1n) is 14.3. The third-order valence-corrected chi connectivity index (χ3v) is 7.30. The molecule has 3 aromatic rings. The summed E-state index contributed by atoms with van der Waals surface area (Å²) in [7, 11) is 0. The zero-order valence-electron chi connectivity index (χ0n) is 25.0. The maximum atomic E-state index is 13.5. The van der Waals surface area contributed by atoms with Crippen LogP contribution in [-0.4, -0.2) is 52.0 Å². The van der Waals surface area contributed by atoms with E-state index in [1.54, 1.807) is 33.8 Å². The zero-order chi connectivity index (χ0) is 30.4. The van der Waals surface area contributed by atoms with Crippen LogP contribution in [0.2, 0.25) is 0 Å². The molecule has 1 aromatic heterocycles. The molecular formula is C33H41N5O4. The summed E-state index contributed by atoms with van der Waals surface area (Å²) < 4.78 is 5.65. The first-order valence-corrected chi connectivity index (χ1v) is 14.3. The van der Waals surface area contributed by atoms with E-state index in [4.69, 9.17) is 10.5 Å². The second kappa shape index (κ2) is 13.1. The van der Waals surface area contributed by atoms with Gasteiger partial charge in [-0.1, -0.05) is 60.7 Å². The highest BCUT2D eigenvalue weighted by molar-refractivity contribution is 5.91. The van der Waals surface area contributed by atoms with Gasteiger partial charge in [0.2, 0.25) is 11.8 Å². The van der Waals surface area contributed by atoms with Crippen molar-refractivity contribution in [3.05, 3.63) is 83.6 Å². The molecule has 42 heavy (non-hydrogen) atoms. The predicted octanol–water partition coefficient (Wildman–Crippen LogP) is 4.63. The fourth-order valence-electron chi connectivity index (χ4n) is 5.19. The second-order valence-corrected chi connectivity index (χ2v) is 11.9. The van der Waals surface area contributed by atoms with Gasteiger partial charge in [0.1, 0.15) is 23.5 Å². The van der Waals surface area contributed by atoms with Crippen LogP contribution in [-0.2, 0) is 27.3 Å². The number of likely N-dealkylation sites (tertiary alicyclic amines) is 1. The molecule has 1 saturated heterocycles. The fourth-order valence-corrected chi connectivity index (χ4v) is 5.19. The molecule has 9 nitrogen and oxygen atoms in total. The van der Waals surface area contributed by atoms with Gasteiger partial charge in [-0.05, 0) is 81.7 Å². The maximum absolute atomic E-state index is 13.5. The van der Waals surface area contributed by atoms with Crippen molar-refractivity contribution >= 4 is 23.7 Å². The molecule has 4 rings (SSSR count). The topological polar surface area (TPSA) is 127 Å². The Kier molecular flexibility index (Phi) is 9.50. The number of amides is 3. The van der Waals surface area contributed by atoms with Crippen molar-refractivity contribution in [3.8, 4) is 11.1 Å². The second-order valence-electron chi connectivity index (χ2n) is 11.9. The molecular weight excluding hydrogens is 530 g/mol. The Morgan fingerprint density at radius 1 is 1.05 bits per heavy atom. The fraction of sp³-hybridized carbons (Fsp3) is 0.394. The number of aryl methyl sites for hydroxylation is 1. The Morgan fingerprint density at radius 2 is 1.76 bits per heavy atom. The van der Waals surface area contributed by atoms with Gasteiger partial charge < -0.3 is 21.1 Å². The molecule has 1 fully saturated rings. The highest BCUT2D eigenvalue weighted by atomic mass is 16.6. The standard InChI is InChI=1S/C33H41N5O4/c1-21-27(14-15-29(34)36-21)19-35-30(39)22(2)37-31(40)28-18-24(20-38(28)32(41)42-33(3,4)5)16-23-10-9-13-26(17-23)25-11-7-6-8-12-25/h6-15,17,22,24,28H,16,18-20H2,1-5H3,(H2,34,36)(H,35,39)(H,37,40)/t22-,24+,28+/m0/s1. The summed E-state index contributed by atoms with van der Waals surface area (Å²) in [6.07, 6.45) is 0.631. The summed E-state index contributed by atoms with van der Waals surface area (Å²) in [6.45, 7) is 9.49. The van der Waals surface area contributed by atoms with E-state index in [1.165, 1.54) is 4.90 Å².